The van der Waals surface area contributed by atoms with Crippen LogP contribution in [0.25, 0.3) is 0 Å². The zero-order valence-corrected chi connectivity index (χ0v) is 18.3. The smallest absolute Gasteiger partial charge is 0.260 e. The molecule has 0 atom stereocenters. The third-order valence-electron chi connectivity index (χ3n) is 6.17. The molecule has 1 amide bonds. The van der Waals surface area contributed by atoms with Crippen LogP contribution in [0.4, 0.5) is 0 Å². The molecule has 31 heavy (non-hydrogen) atoms. The fourth-order valence-corrected chi connectivity index (χ4v) is 4.23. The normalized spacial score (nSPS) is 14.6. The molecule has 0 unspecified atom stereocenters. The summed E-state index contributed by atoms with van der Waals surface area (Å²) in [6, 6.07) is 27.4. The Morgan fingerprint density at radius 1 is 0.806 bits per heavy atom. The molecule has 3 aromatic rings. The average Bonchev–Trinajstić information content (AvgIpc) is 2.82. The highest BCUT2D eigenvalue weighted by Crippen LogP contribution is 2.29. The number of hydrogen-bond acceptors (Lipinski definition) is 3. The monoisotopic (exact) mass is 414 g/mol. The van der Waals surface area contributed by atoms with Crippen molar-refractivity contribution in [1.82, 2.24) is 9.80 Å². The zero-order chi connectivity index (χ0) is 21.6. The second-order valence-corrected chi connectivity index (χ2v) is 8.13. The van der Waals surface area contributed by atoms with Gasteiger partial charge in [-0.3, -0.25) is 9.69 Å². The lowest BCUT2D eigenvalue weighted by molar-refractivity contribution is -0.135. The van der Waals surface area contributed by atoms with Crippen molar-refractivity contribution < 1.29 is 9.53 Å². The summed E-state index contributed by atoms with van der Waals surface area (Å²) < 4.78 is 5.84. The number of hydrogen-bond donors (Lipinski definition) is 0. The summed E-state index contributed by atoms with van der Waals surface area (Å²) in [5, 5.41) is 0. The number of benzene rings is 3. The van der Waals surface area contributed by atoms with Crippen molar-refractivity contribution >= 4 is 5.91 Å². The Hall–Kier alpha value is -3.11. The van der Waals surface area contributed by atoms with Crippen molar-refractivity contribution in [2.24, 2.45) is 0 Å². The van der Waals surface area contributed by atoms with E-state index in [1.165, 1.54) is 16.7 Å². The molecular formula is C27H30N2O2. The topological polar surface area (TPSA) is 32.8 Å². The third kappa shape index (κ3) is 4.97. The largest absolute Gasteiger partial charge is 0.483 e. The highest BCUT2D eigenvalue weighted by atomic mass is 16.5. The molecule has 0 saturated carbocycles. The molecule has 4 heteroatoms. The van der Waals surface area contributed by atoms with E-state index in [-0.39, 0.29) is 18.6 Å². The Kier molecular flexibility index (Phi) is 6.68. The van der Waals surface area contributed by atoms with Crippen molar-refractivity contribution in [2.75, 3.05) is 32.8 Å². The molecular weight excluding hydrogens is 384 g/mol. The van der Waals surface area contributed by atoms with Crippen molar-refractivity contribution in [3.05, 3.63) is 101 Å². The number of carbonyl (C=O) groups excluding carboxylic acids is 1. The van der Waals surface area contributed by atoms with Crippen LogP contribution in [0.2, 0.25) is 0 Å². The number of rotatable bonds is 6. The summed E-state index contributed by atoms with van der Waals surface area (Å²) >= 11 is 0. The molecule has 0 N–H and O–H groups in total. The lowest BCUT2D eigenvalue weighted by Crippen LogP contribution is -2.51. The van der Waals surface area contributed by atoms with E-state index in [1.54, 1.807) is 0 Å². The van der Waals surface area contributed by atoms with Gasteiger partial charge in [-0.15, -0.1) is 0 Å². The predicted molar refractivity (Wildman–Crippen MR) is 124 cm³/mol. The number of piperazine rings is 1. The van der Waals surface area contributed by atoms with Gasteiger partial charge in [0.15, 0.2) is 6.61 Å². The SMILES string of the molecule is Cc1cccc(OCC(=O)N2CCN(C(c3ccccc3)c3ccccc3)CC2)c1C. The van der Waals surface area contributed by atoms with E-state index in [0.717, 1.165) is 24.4 Å². The van der Waals surface area contributed by atoms with Crippen LogP contribution in [-0.2, 0) is 4.79 Å². The fourth-order valence-electron chi connectivity index (χ4n) is 4.23. The maximum atomic E-state index is 12.8. The first-order valence-corrected chi connectivity index (χ1v) is 10.9. The molecule has 1 heterocycles. The molecule has 0 aromatic heterocycles. The molecule has 4 nitrogen and oxygen atoms in total. The van der Waals surface area contributed by atoms with Crippen LogP contribution in [-0.4, -0.2) is 48.5 Å². The quantitative estimate of drug-likeness (QED) is 0.590. The van der Waals surface area contributed by atoms with E-state index >= 15 is 0 Å². The first kappa shape index (κ1) is 21.1. The van der Waals surface area contributed by atoms with Gasteiger partial charge in [0.2, 0.25) is 0 Å². The molecule has 0 spiro atoms. The molecule has 1 aliphatic rings. The first-order chi connectivity index (χ1) is 15.1. The minimum atomic E-state index is 0.0523. The van der Waals surface area contributed by atoms with Crippen molar-refractivity contribution in [3.8, 4) is 5.75 Å². The van der Waals surface area contributed by atoms with E-state index in [9.17, 15) is 4.79 Å². The molecule has 3 aromatic carbocycles. The van der Waals surface area contributed by atoms with Gasteiger partial charge in [0, 0.05) is 26.2 Å². The van der Waals surface area contributed by atoms with E-state index in [2.05, 4.69) is 78.6 Å². The van der Waals surface area contributed by atoms with Crippen LogP contribution in [0, 0.1) is 13.8 Å². The number of carbonyl (C=O) groups is 1. The summed E-state index contributed by atoms with van der Waals surface area (Å²) in [6.07, 6.45) is 0. The number of aryl methyl sites for hydroxylation is 1. The minimum absolute atomic E-state index is 0.0523. The van der Waals surface area contributed by atoms with Gasteiger partial charge in [0.05, 0.1) is 6.04 Å². The van der Waals surface area contributed by atoms with E-state index < -0.39 is 0 Å². The van der Waals surface area contributed by atoms with Gasteiger partial charge in [0.1, 0.15) is 5.75 Å². The molecule has 160 valence electrons. The van der Waals surface area contributed by atoms with Gasteiger partial charge in [-0.25, -0.2) is 0 Å². The highest BCUT2D eigenvalue weighted by Gasteiger charge is 2.28. The van der Waals surface area contributed by atoms with Crippen LogP contribution in [0.5, 0.6) is 5.75 Å². The summed E-state index contributed by atoms with van der Waals surface area (Å²) in [5.41, 5.74) is 4.83. The van der Waals surface area contributed by atoms with Crippen LogP contribution < -0.4 is 4.74 Å². The Bertz CT molecular complexity index is 957. The Labute approximate surface area is 185 Å². The van der Waals surface area contributed by atoms with E-state index in [0.29, 0.717) is 13.1 Å². The van der Waals surface area contributed by atoms with Crippen molar-refractivity contribution in [3.63, 3.8) is 0 Å². The predicted octanol–water partition coefficient (Wildman–Crippen LogP) is 4.62. The molecule has 0 bridgehead atoms. The van der Waals surface area contributed by atoms with Gasteiger partial charge in [-0.1, -0.05) is 72.8 Å². The number of nitrogens with zero attached hydrogens (tertiary/aromatic N) is 2. The lowest BCUT2D eigenvalue weighted by Gasteiger charge is -2.39. The molecule has 0 aliphatic carbocycles. The molecule has 1 aliphatic heterocycles. The Morgan fingerprint density at radius 3 is 1.97 bits per heavy atom. The van der Waals surface area contributed by atoms with Gasteiger partial charge in [-0.2, -0.15) is 0 Å². The maximum Gasteiger partial charge on any atom is 0.260 e. The van der Waals surface area contributed by atoms with Gasteiger partial charge >= 0.3 is 0 Å². The van der Waals surface area contributed by atoms with Gasteiger partial charge in [0.25, 0.3) is 5.91 Å². The Morgan fingerprint density at radius 2 is 1.39 bits per heavy atom. The van der Waals surface area contributed by atoms with Crippen LogP contribution in [0.15, 0.2) is 78.9 Å². The molecule has 4 rings (SSSR count). The zero-order valence-electron chi connectivity index (χ0n) is 18.3. The second kappa shape index (κ2) is 9.80. The summed E-state index contributed by atoms with van der Waals surface area (Å²) in [4.78, 5) is 17.2. The first-order valence-electron chi connectivity index (χ1n) is 10.9. The fraction of sp³-hybridized carbons (Fsp3) is 0.296. The summed E-state index contributed by atoms with van der Waals surface area (Å²) in [7, 11) is 0. The van der Waals surface area contributed by atoms with E-state index in [4.69, 9.17) is 4.74 Å². The van der Waals surface area contributed by atoms with E-state index in [1.807, 2.05) is 24.0 Å². The summed E-state index contributed by atoms with van der Waals surface area (Å²) in [6.45, 7) is 7.27. The van der Waals surface area contributed by atoms with Crippen molar-refractivity contribution in [2.45, 2.75) is 19.9 Å². The van der Waals surface area contributed by atoms with Crippen LogP contribution in [0.3, 0.4) is 0 Å². The van der Waals surface area contributed by atoms with Crippen molar-refractivity contribution in [1.29, 1.82) is 0 Å². The summed E-state index contributed by atoms with van der Waals surface area (Å²) in [5.74, 6) is 0.844. The standard InChI is InChI=1S/C27H30N2O2/c1-21-10-9-15-25(22(21)2)31-20-26(30)28-16-18-29(19-17-28)27(23-11-5-3-6-12-23)24-13-7-4-8-14-24/h3-15,27H,16-20H2,1-2H3. The van der Waals surface area contributed by atoms with Crippen LogP contribution >= 0.6 is 0 Å². The van der Waals surface area contributed by atoms with Crippen LogP contribution in [0.1, 0.15) is 28.3 Å². The minimum Gasteiger partial charge on any atom is -0.483 e. The van der Waals surface area contributed by atoms with Gasteiger partial charge < -0.3 is 9.64 Å². The molecule has 1 saturated heterocycles. The highest BCUT2D eigenvalue weighted by molar-refractivity contribution is 5.78. The number of ether oxygens (including phenoxy) is 1. The lowest BCUT2D eigenvalue weighted by atomic mass is 9.96. The second-order valence-electron chi connectivity index (χ2n) is 8.13. The third-order valence-corrected chi connectivity index (χ3v) is 6.17. The molecule has 1 fully saturated rings. The maximum absolute atomic E-state index is 12.8. The average molecular weight is 415 g/mol. The molecule has 0 radical (unpaired) electrons. The van der Waals surface area contributed by atoms with Gasteiger partial charge in [-0.05, 0) is 42.2 Å². The number of amides is 1. The Balaban J connectivity index is 1.39.